The van der Waals surface area contributed by atoms with Gasteiger partial charge in [0.2, 0.25) is 0 Å². The van der Waals surface area contributed by atoms with Crippen molar-refractivity contribution in [3.8, 4) is 0 Å². The van der Waals surface area contributed by atoms with Crippen molar-refractivity contribution in [3.05, 3.63) is 33.8 Å². The fraction of sp³-hybridized carbons (Fsp3) is 0.600. The highest BCUT2D eigenvalue weighted by Crippen LogP contribution is 2.42. The summed E-state index contributed by atoms with van der Waals surface area (Å²) >= 11 is 3.70. The Balaban J connectivity index is 1.60. The molecule has 0 spiro atoms. The van der Waals surface area contributed by atoms with Crippen LogP contribution < -0.4 is 5.32 Å². The lowest BCUT2D eigenvalue weighted by Crippen LogP contribution is -2.28. The van der Waals surface area contributed by atoms with Crippen molar-refractivity contribution in [2.24, 2.45) is 11.8 Å². The molecule has 2 saturated heterocycles. The second-order valence-electron chi connectivity index (χ2n) is 5.99. The maximum atomic E-state index is 3.70. The van der Waals surface area contributed by atoms with E-state index in [0.29, 0.717) is 6.04 Å². The fourth-order valence-electron chi connectivity index (χ4n) is 4.11. The number of nitrogens with zero attached hydrogens (tertiary/aromatic N) is 1. The van der Waals surface area contributed by atoms with Crippen LogP contribution in [-0.2, 0) is 6.42 Å². The summed E-state index contributed by atoms with van der Waals surface area (Å²) in [6.45, 7) is 5.07. The lowest BCUT2D eigenvalue weighted by Gasteiger charge is -2.25. The molecule has 4 rings (SSSR count). The summed E-state index contributed by atoms with van der Waals surface area (Å²) in [5, 5.41) is 3.53. The van der Waals surface area contributed by atoms with Gasteiger partial charge >= 0.3 is 0 Å². The Bertz CT molecular complexity index is 462. The third-order valence-electron chi connectivity index (χ3n) is 5.04. The van der Waals surface area contributed by atoms with E-state index in [1.54, 1.807) is 11.1 Å². The van der Waals surface area contributed by atoms with Crippen LogP contribution >= 0.6 is 15.9 Å². The van der Waals surface area contributed by atoms with E-state index < -0.39 is 0 Å². The number of halogens is 1. The van der Waals surface area contributed by atoms with Gasteiger partial charge in [-0.25, -0.2) is 0 Å². The third kappa shape index (κ3) is 1.68. The second-order valence-corrected chi connectivity index (χ2v) is 6.85. The minimum atomic E-state index is 0.683. The maximum absolute atomic E-state index is 3.70. The van der Waals surface area contributed by atoms with Crippen molar-refractivity contribution in [2.75, 3.05) is 26.2 Å². The summed E-state index contributed by atoms with van der Waals surface area (Å²) in [6.07, 6.45) is 2.55. The van der Waals surface area contributed by atoms with Gasteiger partial charge in [0.25, 0.3) is 0 Å². The summed E-state index contributed by atoms with van der Waals surface area (Å²) in [7, 11) is 0. The lowest BCUT2D eigenvalue weighted by molar-refractivity contribution is 0.228. The minimum Gasteiger partial charge on any atom is -0.316 e. The van der Waals surface area contributed by atoms with Crippen LogP contribution in [0.15, 0.2) is 22.7 Å². The molecule has 3 unspecified atom stereocenters. The van der Waals surface area contributed by atoms with Crippen LogP contribution in [0.4, 0.5) is 0 Å². The molecule has 96 valence electrons. The summed E-state index contributed by atoms with van der Waals surface area (Å²) < 4.78 is 1.31. The molecule has 1 aliphatic carbocycles. The highest BCUT2D eigenvalue weighted by molar-refractivity contribution is 9.10. The molecule has 0 bridgehead atoms. The number of likely N-dealkylation sites (tertiary alicyclic amines) is 1. The largest absolute Gasteiger partial charge is 0.316 e. The zero-order valence-electron chi connectivity index (χ0n) is 10.5. The summed E-state index contributed by atoms with van der Waals surface area (Å²) in [6, 6.07) is 7.40. The quantitative estimate of drug-likeness (QED) is 0.858. The van der Waals surface area contributed by atoms with Gasteiger partial charge in [-0.3, -0.25) is 4.90 Å². The molecule has 0 saturated carbocycles. The minimum absolute atomic E-state index is 0.683. The Kier molecular flexibility index (Phi) is 2.75. The monoisotopic (exact) mass is 306 g/mol. The van der Waals surface area contributed by atoms with Gasteiger partial charge in [0.05, 0.1) is 0 Å². The standard InChI is InChI=1S/C15H19BrN2/c16-14-3-1-2-13-12(14)4-5-15(13)18-8-10-6-17-7-11(10)9-18/h1-3,10-11,15,17H,4-9H2. The van der Waals surface area contributed by atoms with Gasteiger partial charge in [-0.05, 0) is 55.0 Å². The topological polar surface area (TPSA) is 15.3 Å². The average molecular weight is 307 g/mol. The van der Waals surface area contributed by atoms with Gasteiger partial charge in [0.15, 0.2) is 0 Å². The van der Waals surface area contributed by atoms with Gasteiger partial charge < -0.3 is 5.32 Å². The van der Waals surface area contributed by atoms with Crippen molar-refractivity contribution in [1.29, 1.82) is 0 Å². The normalized spacial score (nSPS) is 34.8. The Labute approximate surface area is 117 Å². The summed E-state index contributed by atoms with van der Waals surface area (Å²) in [5.41, 5.74) is 3.13. The second kappa shape index (κ2) is 4.32. The van der Waals surface area contributed by atoms with Crippen LogP contribution in [0.3, 0.4) is 0 Å². The summed E-state index contributed by atoms with van der Waals surface area (Å²) in [4.78, 5) is 2.74. The number of benzene rings is 1. The first-order chi connectivity index (χ1) is 8.83. The van der Waals surface area contributed by atoms with Crippen LogP contribution in [0.2, 0.25) is 0 Å². The Hall–Kier alpha value is -0.380. The van der Waals surface area contributed by atoms with E-state index in [0.717, 1.165) is 11.8 Å². The van der Waals surface area contributed by atoms with E-state index in [-0.39, 0.29) is 0 Å². The molecule has 1 aromatic rings. The van der Waals surface area contributed by atoms with Crippen molar-refractivity contribution in [1.82, 2.24) is 10.2 Å². The van der Waals surface area contributed by atoms with E-state index >= 15 is 0 Å². The molecular weight excluding hydrogens is 288 g/mol. The molecule has 18 heavy (non-hydrogen) atoms. The molecule has 2 aliphatic heterocycles. The van der Waals surface area contributed by atoms with Gasteiger partial charge in [-0.2, -0.15) is 0 Å². The van der Waals surface area contributed by atoms with E-state index in [9.17, 15) is 0 Å². The van der Waals surface area contributed by atoms with Gasteiger partial charge in [-0.15, -0.1) is 0 Å². The van der Waals surface area contributed by atoms with E-state index in [1.807, 2.05) is 0 Å². The van der Waals surface area contributed by atoms with Crippen molar-refractivity contribution in [2.45, 2.75) is 18.9 Å². The van der Waals surface area contributed by atoms with Crippen LogP contribution in [0, 0.1) is 11.8 Å². The predicted octanol–water partition coefficient (Wildman–Crippen LogP) is 2.59. The zero-order valence-corrected chi connectivity index (χ0v) is 12.1. The number of hydrogen-bond acceptors (Lipinski definition) is 2. The predicted molar refractivity (Wildman–Crippen MR) is 76.6 cm³/mol. The first-order valence-electron chi connectivity index (χ1n) is 7.05. The molecule has 0 radical (unpaired) electrons. The maximum Gasteiger partial charge on any atom is 0.0354 e. The lowest BCUT2D eigenvalue weighted by atomic mass is 10.0. The molecule has 2 fully saturated rings. The molecular formula is C15H19BrN2. The number of rotatable bonds is 1. The molecule has 2 heterocycles. The van der Waals surface area contributed by atoms with Gasteiger partial charge in [0, 0.05) is 23.6 Å². The number of nitrogens with one attached hydrogen (secondary N) is 1. The Morgan fingerprint density at radius 1 is 1.17 bits per heavy atom. The Morgan fingerprint density at radius 2 is 1.94 bits per heavy atom. The van der Waals surface area contributed by atoms with Crippen LogP contribution in [0.5, 0.6) is 0 Å². The summed E-state index contributed by atoms with van der Waals surface area (Å²) in [5.74, 6) is 1.81. The fourth-order valence-corrected chi connectivity index (χ4v) is 4.69. The SMILES string of the molecule is Brc1cccc2c1CCC2N1CC2CNCC2C1. The van der Waals surface area contributed by atoms with Crippen molar-refractivity contribution < 1.29 is 0 Å². The molecule has 3 atom stereocenters. The van der Waals surface area contributed by atoms with Crippen LogP contribution in [-0.4, -0.2) is 31.1 Å². The number of fused-ring (bicyclic) bond motifs is 2. The van der Waals surface area contributed by atoms with Gasteiger partial charge in [0.1, 0.15) is 0 Å². The molecule has 0 amide bonds. The van der Waals surface area contributed by atoms with Crippen LogP contribution in [0.25, 0.3) is 0 Å². The molecule has 1 aromatic carbocycles. The smallest absolute Gasteiger partial charge is 0.0354 e. The highest BCUT2D eigenvalue weighted by Gasteiger charge is 2.40. The molecule has 1 N–H and O–H groups in total. The van der Waals surface area contributed by atoms with Crippen molar-refractivity contribution in [3.63, 3.8) is 0 Å². The zero-order chi connectivity index (χ0) is 12.1. The van der Waals surface area contributed by atoms with E-state index in [4.69, 9.17) is 0 Å². The molecule has 2 nitrogen and oxygen atoms in total. The number of hydrogen-bond donors (Lipinski definition) is 1. The van der Waals surface area contributed by atoms with Gasteiger partial charge in [-0.1, -0.05) is 28.1 Å². The third-order valence-corrected chi connectivity index (χ3v) is 5.78. The first-order valence-corrected chi connectivity index (χ1v) is 7.84. The average Bonchev–Trinajstić information content (AvgIpc) is 3.00. The van der Waals surface area contributed by atoms with E-state index in [1.165, 1.54) is 43.5 Å². The molecule has 3 aliphatic rings. The van der Waals surface area contributed by atoms with Crippen molar-refractivity contribution >= 4 is 15.9 Å². The molecule has 3 heteroatoms. The Morgan fingerprint density at radius 3 is 2.72 bits per heavy atom. The van der Waals surface area contributed by atoms with Crippen LogP contribution in [0.1, 0.15) is 23.6 Å². The first kappa shape index (κ1) is 11.4. The van der Waals surface area contributed by atoms with E-state index in [2.05, 4.69) is 44.3 Å². The highest BCUT2D eigenvalue weighted by atomic mass is 79.9. The molecule has 0 aromatic heterocycles.